The molecule has 114 valence electrons. The zero-order valence-electron chi connectivity index (χ0n) is 11.9. The summed E-state index contributed by atoms with van der Waals surface area (Å²) in [5.41, 5.74) is 1.05. The highest BCUT2D eigenvalue weighted by Crippen LogP contribution is 2.22. The average Bonchev–Trinajstić information content (AvgIpc) is 2.87. The summed E-state index contributed by atoms with van der Waals surface area (Å²) in [5.74, 6) is -1.91. The second-order valence-corrected chi connectivity index (χ2v) is 5.35. The summed E-state index contributed by atoms with van der Waals surface area (Å²) in [4.78, 5) is 29.4. The SMILES string of the molecule is CCN(C(=O)c1cc(C)nc(Cl)c1)C1COCC1C(=O)O. The van der Waals surface area contributed by atoms with Gasteiger partial charge < -0.3 is 14.7 Å². The molecule has 0 radical (unpaired) electrons. The van der Waals surface area contributed by atoms with Gasteiger partial charge in [-0.1, -0.05) is 11.6 Å². The molecule has 1 aromatic rings. The van der Waals surface area contributed by atoms with Gasteiger partial charge in [0, 0.05) is 17.8 Å². The molecule has 2 atom stereocenters. The Labute approximate surface area is 127 Å². The largest absolute Gasteiger partial charge is 0.481 e. The van der Waals surface area contributed by atoms with E-state index >= 15 is 0 Å². The number of rotatable bonds is 4. The molecule has 0 aromatic carbocycles. The minimum absolute atomic E-state index is 0.125. The number of carboxylic acids is 1. The van der Waals surface area contributed by atoms with Gasteiger partial charge in [-0.2, -0.15) is 0 Å². The number of carbonyl (C=O) groups excluding carboxylic acids is 1. The van der Waals surface area contributed by atoms with Crippen molar-refractivity contribution in [3.05, 3.63) is 28.5 Å². The van der Waals surface area contributed by atoms with Gasteiger partial charge in [-0.05, 0) is 26.0 Å². The van der Waals surface area contributed by atoms with Crippen molar-refractivity contribution in [2.45, 2.75) is 19.9 Å². The Hall–Kier alpha value is -1.66. The molecule has 1 aliphatic heterocycles. The van der Waals surface area contributed by atoms with Crippen molar-refractivity contribution in [3.63, 3.8) is 0 Å². The molecule has 0 aliphatic carbocycles. The lowest BCUT2D eigenvalue weighted by Crippen LogP contribution is -2.46. The number of hydrogen-bond acceptors (Lipinski definition) is 4. The lowest BCUT2D eigenvalue weighted by atomic mass is 10.0. The van der Waals surface area contributed by atoms with E-state index in [1.165, 1.54) is 11.0 Å². The second kappa shape index (κ2) is 6.41. The molecule has 2 rings (SSSR count). The van der Waals surface area contributed by atoms with Gasteiger partial charge in [0.25, 0.3) is 5.91 Å². The first kappa shape index (κ1) is 15.7. The monoisotopic (exact) mass is 312 g/mol. The summed E-state index contributed by atoms with van der Waals surface area (Å²) < 4.78 is 5.23. The van der Waals surface area contributed by atoms with Gasteiger partial charge >= 0.3 is 5.97 Å². The summed E-state index contributed by atoms with van der Waals surface area (Å²) >= 11 is 5.88. The summed E-state index contributed by atoms with van der Waals surface area (Å²) in [6, 6.07) is 2.67. The third-order valence-electron chi connectivity index (χ3n) is 3.54. The van der Waals surface area contributed by atoms with Crippen LogP contribution in [0.3, 0.4) is 0 Å². The van der Waals surface area contributed by atoms with E-state index in [0.29, 0.717) is 17.8 Å². The van der Waals surface area contributed by atoms with Gasteiger partial charge in [0.1, 0.15) is 11.1 Å². The number of amides is 1. The molecule has 1 saturated heterocycles. The van der Waals surface area contributed by atoms with E-state index in [-0.39, 0.29) is 24.3 Å². The highest BCUT2D eigenvalue weighted by atomic mass is 35.5. The number of aliphatic carboxylic acids is 1. The summed E-state index contributed by atoms with van der Waals surface area (Å²) in [6.07, 6.45) is 0. The van der Waals surface area contributed by atoms with Crippen molar-refractivity contribution in [2.24, 2.45) is 5.92 Å². The Balaban J connectivity index is 2.28. The first-order valence-electron chi connectivity index (χ1n) is 6.69. The summed E-state index contributed by atoms with van der Waals surface area (Å²) in [6.45, 7) is 4.31. The standard InChI is InChI=1S/C14H17ClN2O4/c1-3-17(11-7-21-6-10(11)14(19)20)13(18)9-4-8(2)16-12(15)5-9/h4-5,10-11H,3,6-7H2,1-2H3,(H,19,20). The van der Waals surface area contributed by atoms with Crippen LogP contribution in [0.5, 0.6) is 0 Å². The minimum Gasteiger partial charge on any atom is -0.481 e. The minimum atomic E-state index is -0.951. The zero-order chi connectivity index (χ0) is 15.6. The van der Waals surface area contributed by atoms with Crippen LogP contribution in [0, 0.1) is 12.8 Å². The molecule has 6 nitrogen and oxygen atoms in total. The third-order valence-corrected chi connectivity index (χ3v) is 3.73. The van der Waals surface area contributed by atoms with Crippen LogP contribution in [0.1, 0.15) is 23.0 Å². The van der Waals surface area contributed by atoms with Crippen molar-refractivity contribution in [3.8, 4) is 0 Å². The van der Waals surface area contributed by atoms with Crippen LogP contribution in [-0.4, -0.2) is 52.7 Å². The number of pyridine rings is 1. The number of aryl methyl sites for hydroxylation is 1. The zero-order valence-corrected chi connectivity index (χ0v) is 12.6. The number of carbonyl (C=O) groups is 2. The molecule has 2 unspecified atom stereocenters. The van der Waals surface area contributed by atoms with E-state index in [9.17, 15) is 14.7 Å². The van der Waals surface area contributed by atoms with Crippen molar-refractivity contribution < 1.29 is 19.4 Å². The number of carboxylic acid groups (broad SMARTS) is 1. The van der Waals surface area contributed by atoms with Gasteiger partial charge in [0.15, 0.2) is 0 Å². The maximum absolute atomic E-state index is 12.6. The topological polar surface area (TPSA) is 79.7 Å². The number of aromatic nitrogens is 1. The number of halogens is 1. The van der Waals surface area contributed by atoms with Crippen LogP contribution in [0.2, 0.25) is 5.15 Å². The fourth-order valence-corrected chi connectivity index (χ4v) is 2.78. The van der Waals surface area contributed by atoms with Crippen LogP contribution < -0.4 is 0 Å². The van der Waals surface area contributed by atoms with E-state index in [0.717, 1.165) is 0 Å². The van der Waals surface area contributed by atoms with Crippen molar-refractivity contribution in [1.29, 1.82) is 0 Å². The van der Waals surface area contributed by atoms with Gasteiger partial charge in [-0.15, -0.1) is 0 Å². The summed E-state index contributed by atoms with van der Waals surface area (Å²) in [5, 5.41) is 9.46. The number of nitrogens with zero attached hydrogens (tertiary/aromatic N) is 2. The van der Waals surface area contributed by atoms with Crippen molar-refractivity contribution in [2.75, 3.05) is 19.8 Å². The van der Waals surface area contributed by atoms with E-state index in [1.54, 1.807) is 13.0 Å². The Morgan fingerprint density at radius 1 is 1.48 bits per heavy atom. The molecule has 21 heavy (non-hydrogen) atoms. The molecular formula is C14H17ClN2O4. The predicted octanol–water partition coefficient (Wildman–Crippen LogP) is 1.61. The quantitative estimate of drug-likeness (QED) is 0.854. The van der Waals surface area contributed by atoms with E-state index in [2.05, 4.69) is 4.98 Å². The molecule has 0 bridgehead atoms. The normalized spacial score (nSPS) is 21.3. The molecule has 1 amide bonds. The van der Waals surface area contributed by atoms with Crippen LogP contribution in [-0.2, 0) is 9.53 Å². The summed E-state index contributed by atoms with van der Waals surface area (Å²) in [7, 11) is 0. The lowest BCUT2D eigenvalue weighted by molar-refractivity contribution is -0.142. The Morgan fingerprint density at radius 3 is 2.76 bits per heavy atom. The van der Waals surface area contributed by atoms with Crippen molar-refractivity contribution >= 4 is 23.5 Å². The van der Waals surface area contributed by atoms with Crippen LogP contribution in [0.4, 0.5) is 0 Å². The highest BCUT2D eigenvalue weighted by molar-refractivity contribution is 6.29. The number of likely N-dealkylation sites (N-methyl/N-ethyl adjacent to an activating group) is 1. The maximum Gasteiger partial charge on any atom is 0.311 e. The first-order chi connectivity index (χ1) is 9.93. The van der Waals surface area contributed by atoms with Gasteiger partial charge in [0.05, 0.1) is 19.3 Å². The van der Waals surface area contributed by atoms with E-state index in [4.69, 9.17) is 16.3 Å². The predicted molar refractivity (Wildman–Crippen MR) is 76.4 cm³/mol. The molecule has 0 spiro atoms. The Kier molecular flexibility index (Phi) is 4.80. The van der Waals surface area contributed by atoms with Crippen molar-refractivity contribution in [1.82, 2.24) is 9.88 Å². The molecule has 2 heterocycles. The maximum atomic E-state index is 12.6. The highest BCUT2D eigenvalue weighted by Gasteiger charge is 2.39. The Bertz CT molecular complexity index is 544. The fraction of sp³-hybridized carbons (Fsp3) is 0.500. The molecule has 0 saturated carbocycles. The number of hydrogen-bond donors (Lipinski definition) is 1. The molecule has 1 aromatic heterocycles. The molecule has 1 fully saturated rings. The Morgan fingerprint density at radius 2 is 2.19 bits per heavy atom. The van der Waals surface area contributed by atoms with Gasteiger partial charge in [-0.3, -0.25) is 9.59 Å². The van der Waals surface area contributed by atoms with Gasteiger partial charge in [-0.25, -0.2) is 4.98 Å². The van der Waals surface area contributed by atoms with Crippen LogP contribution in [0.25, 0.3) is 0 Å². The third kappa shape index (κ3) is 3.33. The lowest BCUT2D eigenvalue weighted by Gasteiger charge is -2.29. The molecule has 7 heteroatoms. The molecule has 1 N–H and O–H groups in total. The smallest absolute Gasteiger partial charge is 0.311 e. The second-order valence-electron chi connectivity index (χ2n) is 4.96. The van der Waals surface area contributed by atoms with Gasteiger partial charge in [0.2, 0.25) is 0 Å². The van der Waals surface area contributed by atoms with Crippen LogP contribution >= 0.6 is 11.6 Å². The average molecular weight is 313 g/mol. The van der Waals surface area contributed by atoms with E-state index < -0.39 is 17.9 Å². The molecular weight excluding hydrogens is 296 g/mol. The fourth-order valence-electron chi connectivity index (χ4n) is 2.53. The first-order valence-corrected chi connectivity index (χ1v) is 7.07. The van der Waals surface area contributed by atoms with E-state index in [1.807, 2.05) is 6.92 Å². The molecule has 1 aliphatic rings. The number of ether oxygens (including phenoxy) is 1. The van der Waals surface area contributed by atoms with Crippen LogP contribution in [0.15, 0.2) is 12.1 Å².